The lowest BCUT2D eigenvalue weighted by Gasteiger charge is -2.60. The minimum Gasteiger partial charge on any atom is -0.493 e. The highest BCUT2D eigenvalue weighted by Gasteiger charge is 2.76. The highest BCUT2D eigenvalue weighted by atomic mass is 16.5. The van der Waals surface area contributed by atoms with Crippen LogP contribution in [0.3, 0.4) is 0 Å². The predicted molar refractivity (Wildman–Crippen MR) is 135 cm³/mol. The van der Waals surface area contributed by atoms with Crippen LogP contribution in [0.1, 0.15) is 30.4 Å². The van der Waals surface area contributed by atoms with Gasteiger partial charge in [-0.25, -0.2) is 0 Å². The molecule has 0 N–H and O–H groups in total. The maximum absolute atomic E-state index is 13.8. The summed E-state index contributed by atoms with van der Waals surface area (Å²) in [6, 6.07) is 15.9. The number of nitrogens with zero attached hydrogens (tertiary/aromatic N) is 2. The molecule has 36 heavy (non-hydrogen) atoms. The van der Waals surface area contributed by atoms with Gasteiger partial charge in [0.1, 0.15) is 19.1 Å². The molecule has 186 valence electrons. The van der Waals surface area contributed by atoms with E-state index in [1.807, 2.05) is 0 Å². The van der Waals surface area contributed by atoms with Crippen molar-refractivity contribution in [1.82, 2.24) is 0 Å². The zero-order valence-corrected chi connectivity index (χ0v) is 21.0. The van der Waals surface area contributed by atoms with Gasteiger partial charge in [-0.15, -0.1) is 0 Å². The van der Waals surface area contributed by atoms with Crippen molar-refractivity contribution in [1.29, 1.82) is 0 Å². The van der Waals surface area contributed by atoms with E-state index in [4.69, 9.17) is 14.2 Å². The van der Waals surface area contributed by atoms with Crippen LogP contribution in [-0.2, 0) is 21.5 Å². The Hall–Kier alpha value is -2.83. The highest BCUT2D eigenvalue weighted by Crippen LogP contribution is 2.68. The Labute approximate surface area is 212 Å². The first kappa shape index (κ1) is 21.3. The number of piperidine rings is 2. The number of quaternary nitrogens is 1. The molecule has 2 aromatic carbocycles. The van der Waals surface area contributed by atoms with E-state index in [0.29, 0.717) is 36.7 Å². The monoisotopic (exact) mass is 485 g/mol. The normalized spacial score (nSPS) is 38.8. The van der Waals surface area contributed by atoms with Gasteiger partial charge in [0.05, 0.1) is 57.0 Å². The number of hydrogen-bond acceptors (Lipinski definition) is 4. The summed E-state index contributed by atoms with van der Waals surface area (Å²) in [7, 11) is 3.39. The zero-order chi connectivity index (χ0) is 24.2. The molecule has 2 aromatic rings. The molecule has 1 amide bonds. The van der Waals surface area contributed by atoms with Gasteiger partial charge in [0.2, 0.25) is 5.91 Å². The van der Waals surface area contributed by atoms with Crippen LogP contribution in [-0.4, -0.2) is 62.5 Å². The van der Waals surface area contributed by atoms with Crippen molar-refractivity contribution in [2.45, 2.75) is 49.4 Å². The van der Waals surface area contributed by atoms with Crippen LogP contribution < -0.4 is 14.4 Å². The number of rotatable bonds is 4. The summed E-state index contributed by atoms with van der Waals surface area (Å²) >= 11 is 0. The van der Waals surface area contributed by atoms with Gasteiger partial charge in [0, 0.05) is 30.4 Å². The Morgan fingerprint density at radius 2 is 1.94 bits per heavy atom. The van der Waals surface area contributed by atoms with E-state index >= 15 is 0 Å². The summed E-state index contributed by atoms with van der Waals surface area (Å²) in [6.07, 6.45) is 5.11. The van der Waals surface area contributed by atoms with Gasteiger partial charge in [0.25, 0.3) is 0 Å². The van der Waals surface area contributed by atoms with Gasteiger partial charge < -0.3 is 23.6 Å². The molecule has 3 saturated heterocycles. The van der Waals surface area contributed by atoms with Gasteiger partial charge in [-0.2, -0.15) is 0 Å². The number of methoxy groups -OCH3 is 2. The van der Waals surface area contributed by atoms with Crippen LogP contribution in [0.5, 0.6) is 11.5 Å². The molecule has 0 radical (unpaired) electrons. The van der Waals surface area contributed by atoms with Crippen LogP contribution >= 0.6 is 0 Å². The minimum absolute atomic E-state index is 0.00292. The fourth-order valence-electron chi connectivity index (χ4n) is 9.51. The molecule has 6 heteroatoms. The molecule has 6 aliphatic rings. The van der Waals surface area contributed by atoms with Gasteiger partial charge in [-0.1, -0.05) is 36.4 Å². The number of benzene rings is 2. The van der Waals surface area contributed by atoms with Crippen LogP contribution in [0.4, 0.5) is 5.69 Å². The number of fused-ring (bicyclic) bond motifs is 2. The Kier molecular flexibility index (Phi) is 4.22. The van der Waals surface area contributed by atoms with Crippen LogP contribution in [0.2, 0.25) is 0 Å². The van der Waals surface area contributed by atoms with E-state index in [-0.39, 0.29) is 23.5 Å². The second kappa shape index (κ2) is 7.14. The Morgan fingerprint density at radius 3 is 2.75 bits per heavy atom. The minimum atomic E-state index is -0.0849. The fraction of sp³-hybridized carbons (Fsp3) is 0.500. The maximum atomic E-state index is 13.8. The quantitative estimate of drug-likeness (QED) is 0.488. The molecule has 7 unspecified atom stereocenters. The second-order valence-electron chi connectivity index (χ2n) is 11.8. The molecule has 1 spiro atoms. The molecule has 7 atom stereocenters. The van der Waals surface area contributed by atoms with Crippen molar-refractivity contribution in [3.63, 3.8) is 0 Å². The maximum Gasteiger partial charge on any atom is 0.229 e. The lowest BCUT2D eigenvalue weighted by Crippen LogP contribution is -2.72. The molecule has 1 saturated carbocycles. The topological polar surface area (TPSA) is 48.0 Å². The van der Waals surface area contributed by atoms with E-state index in [1.54, 1.807) is 19.8 Å². The third kappa shape index (κ3) is 2.42. The first-order valence-corrected chi connectivity index (χ1v) is 13.4. The molecule has 5 heterocycles. The Morgan fingerprint density at radius 1 is 1.14 bits per heavy atom. The predicted octanol–water partition coefficient (Wildman–Crippen LogP) is 3.82. The average molecular weight is 486 g/mol. The molecule has 6 nitrogen and oxygen atoms in total. The number of anilines is 1. The van der Waals surface area contributed by atoms with Crippen molar-refractivity contribution in [2.75, 3.05) is 38.8 Å². The van der Waals surface area contributed by atoms with Crippen molar-refractivity contribution in [2.24, 2.45) is 11.8 Å². The van der Waals surface area contributed by atoms with Crippen LogP contribution in [0, 0.1) is 11.8 Å². The first-order chi connectivity index (χ1) is 17.6. The second-order valence-corrected chi connectivity index (χ2v) is 11.8. The van der Waals surface area contributed by atoms with E-state index in [2.05, 4.69) is 53.4 Å². The number of carbonyl (C=O) groups excluding carboxylic acids is 1. The number of hydrogen-bond donors (Lipinski definition) is 0. The van der Waals surface area contributed by atoms with Crippen molar-refractivity contribution in [3.05, 3.63) is 65.2 Å². The number of amides is 1. The SMILES string of the molecule is COc1cc2c(cc1OC)C13CC[N+]4(Cc5ccccc5)CC5=CCOC6CC(=O)N2C1C6C5CC34. The molecule has 5 aliphatic heterocycles. The van der Waals surface area contributed by atoms with Gasteiger partial charge in [-0.05, 0) is 23.1 Å². The molecular formula is C30H33N2O4+. The summed E-state index contributed by atoms with van der Waals surface area (Å²) < 4.78 is 19.1. The van der Waals surface area contributed by atoms with Crippen molar-refractivity contribution >= 4 is 11.6 Å². The molecule has 4 fully saturated rings. The zero-order valence-electron chi connectivity index (χ0n) is 21.0. The highest BCUT2D eigenvalue weighted by molar-refractivity contribution is 5.99. The summed E-state index contributed by atoms with van der Waals surface area (Å²) in [5.41, 5.74) is 5.24. The van der Waals surface area contributed by atoms with E-state index in [1.165, 1.54) is 17.5 Å². The smallest absolute Gasteiger partial charge is 0.229 e. The van der Waals surface area contributed by atoms with Gasteiger partial charge in [0.15, 0.2) is 11.5 Å². The largest absolute Gasteiger partial charge is 0.493 e. The fourth-order valence-corrected chi connectivity index (χ4v) is 9.51. The lowest BCUT2D eigenvalue weighted by atomic mass is 9.53. The van der Waals surface area contributed by atoms with Crippen molar-refractivity contribution < 1.29 is 23.5 Å². The number of carbonyl (C=O) groups is 1. The Bertz CT molecular complexity index is 1310. The molecule has 2 bridgehead atoms. The van der Waals surface area contributed by atoms with Crippen LogP contribution in [0.25, 0.3) is 0 Å². The lowest BCUT2D eigenvalue weighted by molar-refractivity contribution is -0.955. The first-order valence-electron chi connectivity index (χ1n) is 13.4. The van der Waals surface area contributed by atoms with Crippen molar-refractivity contribution in [3.8, 4) is 11.5 Å². The Balaban J connectivity index is 1.38. The van der Waals surface area contributed by atoms with E-state index in [9.17, 15) is 4.79 Å². The summed E-state index contributed by atoms with van der Waals surface area (Å²) in [5.74, 6) is 2.50. The molecule has 8 rings (SSSR count). The van der Waals surface area contributed by atoms with Gasteiger partial charge in [-0.3, -0.25) is 4.79 Å². The average Bonchev–Trinajstić information content (AvgIpc) is 3.32. The standard InChI is InChI=1S/C30H33N2O4/c1-34-23-13-21-22(14-24(23)35-2)31-27(33)15-25-28-20-12-26-30(21,29(28)31)9-10-32(26,17-19(20)8-11-36-25)16-18-6-4-3-5-7-18/h3-8,13-14,20,25-26,28-29H,9-12,15-17H2,1-2H3/q+1. The van der Waals surface area contributed by atoms with Crippen LogP contribution in [0.15, 0.2) is 54.1 Å². The summed E-state index contributed by atoms with van der Waals surface area (Å²) in [6.45, 7) is 3.90. The molecular weight excluding hydrogens is 452 g/mol. The molecule has 0 aromatic heterocycles. The third-order valence-corrected chi connectivity index (χ3v) is 10.6. The molecule has 1 aliphatic carbocycles. The number of ether oxygens (including phenoxy) is 3. The van der Waals surface area contributed by atoms with E-state index in [0.717, 1.165) is 42.0 Å². The summed E-state index contributed by atoms with van der Waals surface area (Å²) in [5, 5.41) is 0. The van der Waals surface area contributed by atoms with E-state index < -0.39 is 0 Å². The van der Waals surface area contributed by atoms with Gasteiger partial charge >= 0.3 is 0 Å². The third-order valence-electron chi connectivity index (χ3n) is 10.6. The summed E-state index contributed by atoms with van der Waals surface area (Å²) in [4.78, 5) is 16.0.